The second kappa shape index (κ2) is 4.72. The molecular weight excluding hydrogens is 322 g/mol. The van der Waals surface area contributed by atoms with Crippen molar-refractivity contribution in [2.45, 2.75) is 12.0 Å². The van der Waals surface area contributed by atoms with Gasteiger partial charge in [-0.2, -0.15) is 16.7 Å². The average molecular weight is 332 g/mol. The maximum atomic E-state index is 6.01. The fourth-order valence-electron chi connectivity index (χ4n) is 1.74. The number of aromatic nitrogens is 2. The number of rotatable bonds is 2. The third-order valence-corrected chi connectivity index (χ3v) is 5.57. The maximum Gasteiger partial charge on any atom is 0.232 e. The van der Waals surface area contributed by atoms with Crippen molar-refractivity contribution in [2.75, 3.05) is 11.5 Å². The van der Waals surface area contributed by atoms with Crippen LogP contribution < -0.4 is 5.73 Å². The van der Waals surface area contributed by atoms with Crippen molar-refractivity contribution in [3.8, 4) is 10.7 Å². The van der Waals surface area contributed by atoms with Gasteiger partial charge in [-0.25, -0.2) is 0 Å². The molecule has 2 unspecified atom stereocenters. The Morgan fingerprint density at radius 3 is 3.00 bits per heavy atom. The van der Waals surface area contributed by atoms with Crippen LogP contribution in [0.5, 0.6) is 0 Å². The van der Waals surface area contributed by atoms with Crippen molar-refractivity contribution in [3.05, 3.63) is 21.8 Å². The molecule has 2 aromatic heterocycles. The van der Waals surface area contributed by atoms with E-state index in [-0.39, 0.29) is 12.0 Å². The first-order chi connectivity index (χ1) is 8.24. The van der Waals surface area contributed by atoms with Gasteiger partial charge in [0.05, 0.1) is 10.8 Å². The average Bonchev–Trinajstić information content (AvgIpc) is 2.97. The fraction of sp³-hybridized carbons (Fsp3) is 0.400. The minimum atomic E-state index is 0.128. The summed E-state index contributed by atoms with van der Waals surface area (Å²) >= 11 is 6.84. The molecular formula is C10H10BrN3OS2. The summed E-state index contributed by atoms with van der Waals surface area (Å²) in [5.74, 6) is 3.45. The highest BCUT2D eigenvalue weighted by atomic mass is 79.9. The molecule has 4 nitrogen and oxygen atoms in total. The van der Waals surface area contributed by atoms with Gasteiger partial charge in [-0.15, -0.1) is 11.3 Å². The summed E-state index contributed by atoms with van der Waals surface area (Å²) in [7, 11) is 0. The third-order valence-electron chi connectivity index (χ3n) is 2.67. The van der Waals surface area contributed by atoms with Gasteiger partial charge in [-0.3, -0.25) is 0 Å². The molecule has 7 heteroatoms. The summed E-state index contributed by atoms with van der Waals surface area (Å²) in [6.45, 7) is 0. The fourth-order valence-corrected chi connectivity index (χ4v) is 4.38. The Balaban J connectivity index is 1.87. The summed E-state index contributed by atoms with van der Waals surface area (Å²) in [5.41, 5.74) is 6.01. The molecule has 1 fully saturated rings. The number of halogens is 1. The van der Waals surface area contributed by atoms with Crippen LogP contribution in [0.2, 0.25) is 0 Å². The molecule has 0 bridgehead atoms. The second-order valence-electron chi connectivity index (χ2n) is 3.89. The number of nitrogens with two attached hydrogens (primary N) is 1. The van der Waals surface area contributed by atoms with Crippen LogP contribution in [0.1, 0.15) is 11.8 Å². The van der Waals surface area contributed by atoms with E-state index in [1.54, 1.807) is 11.3 Å². The molecule has 1 aliphatic heterocycles. The lowest BCUT2D eigenvalue weighted by Gasteiger charge is -2.07. The monoisotopic (exact) mass is 331 g/mol. The Morgan fingerprint density at radius 2 is 2.35 bits per heavy atom. The zero-order valence-electron chi connectivity index (χ0n) is 8.80. The third kappa shape index (κ3) is 2.29. The summed E-state index contributed by atoms with van der Waals surface area (Å²) in [4.78, 5) is 5.45. The van der Waals surface area contributed by atoms with Crippen molar-refractivity contribution in [3.63, 3.8) is 0 Å². The van der Waals surface area contributed by atoms with E-state index in [2.05, 4.69) is 26.1 Å². The van der Waals surface area contributed by atoms with Crippen molar-refractivity contribution >= 4 is 39.0 Å². The lowest BCUT2D eigenvalue weighted by atomic mass is 10.1. The smallest absolute Gasteiger partial charge is 0.232 e. The van der Waals surface area contributed by atoms with Gasteiger partial charge < -0.3 is 10.3 Å². The predicted molar refractivity (Wildman–Crippen MR) is 73.4 cm³/mol. The van der Waals surface area contributed by atoms with Crippen molar-refractivity contribution in [1.29, 1.82) is 0 Å². The van der Waals surface area contributed by atoms with E-state index in [0.717, 1.165) is 20.9 Å². The summed E-state index contributed by atoms with van der Waals surface area (Å²) < 4.78 is 6.36. The van der Waals surface area contributed by atoms with E-state index in [1.165, 1.54) is 0 Å². The molecule has 0 radical (unpaired) electrons. The molecule has 0 saturated carbocycles. The zero-order valence-corrected chi connectivity index (χ0v) is 12.0. The maximum absolute atomic E-state index is 6.01. The lowest BCUT2D eigenvalue weighted by molar-refractivity contribution is 0.353. The molecule has 3 heterocycles. The van der Waals surface area contributed by atoms with Crippen molar-refractivity contribution < 1.29 is 4.52 Å². The first-order valence-corrected chi connectivity index (χ1v) is 7.98. The number of nitrogens with zero attached hydrogens (tertiary/aromatic N) is 2. The molecule has 17 heavy (non-hydrogen) atoms. The Morgan fingerprint density at radius 1 is 1.47 bits per heavy atom. The Bertz CT molecular complexity index is 527. The van der Waals surface area contributed by atoms with Crippen LogP contribution in [-0.2, 0) is 0 Å². The van der Waals surface area contributed by atoms with E-state index in [9.17, 15) is 0 Å². The Kier molecular flexibility index (Phi) is 3.25. The molecule has 2 aromatic rings. The molecule has 0 amide bonds. The van der Waals surface area contributed by atoms with E-state index in [0.29, 0.717) is 11.7 Å². The van der Waals surface area contributed by atoms with Gasteiger partial charge in [-0.05, 0) is 22.0 Å². The molecule has 3 rings (SSSR count). The molecule has 2 atom stereocenters. The molecule has 1 aliphatic rings. The molecule has 0 spiro atoms. The van der Waals surface area contributed by atoms with Crippen molar-refractivity contribution in [2.24, 2.45) is 5.73 Å². The van der Waals surface area contributed by atoms with Gasteiger partial charge in [0.25, 0.3) is 0 Å². The van der Waals surface area contributed by atoms with Crippen LogP contribution in [0.4, 0.5) is 0 Å². The van der Waals surface area contributed by atoms with Gasteiger partial charge in [0, 0.05) is 27.4 Å². The van der Waals surface area contributed by atoms with E-state index >= 15 is 0 Å². The normalized spacial score (nSPS) is 24.4. The molecule has 1 saturated heterocycles. The predicted octanol–water partition coefficient (Wildman–Crippen LogP) is 2.72. The first-order valence-electron chi connectivity index (χ1n) is 5.15. The first kappa shape index (κ1) is 11.7. The molecule has 0 aliphatic carbocycles. The highest BCUT2D eigenvalue weighted by Gasteiger charge is 2.31. The SMILES string of the molecule is NC1CSCC1c1nc(-c2cc(Br)cs2)no1. The van der Waals surface area contributed by atoms with E-state index in [1.807, 2.05) is 23.2 Å². The highest BCUT2D eigenvalue weighted by Crippen LogP contribution is 2.33. The van der Waals surface area contributed by atoms with Gasteiger partial charge in [-0.1, -0.05) is 5.16 Å². The highest BCUT2D eigenvalue weighted by molar-refractivity contribution is 9.10. The van der Waals surface area contributed by atoms with Crippen LogP contribution in [0.15, 0.2) is 20.4 Å². The van der Waals surface area contributed by atoms with Crippen LogP contribution in [-0.4, -0.2) is 27.7 Å². The van der Waals surface area contributed by atoms with Gasteiger partial charge in [0.1, 0.15) is 0 Å². The van der Waals surface area contributed by atoms with Crippen molar-refractivity contribution in [1.82, 2.24) is 10.1 Å². The number of thiophene rings is 1. The zero-order chi connectivity index (χ0) is 11.8. The molecule has 2 N–H and O–H groups in total. The standard InChI is InChI=1S/C10H10BrN3OS2/c11-5-1-8(17-2-5)9-13-10(15-14-9)6-3-16-4-7(6)12/h1-2,6-7H,3-4,12H2. The Hall–Kier alpha value is -0.370. The van der Waals surface area contributed by atoms with Gasteiger partial charge in [0.2, 0.25) is 11.7 Å². The van der Waals surface area contributed by atoms with Crippen LogP contribution >= 0.6 is 39.0 Å². The van der Waals surface area contributed by atoms with Gasteiger partial charge in [0.15, 0.2) is 0 Å². The summed E-state index contributed by atoms with van der Waals surface area (Å²) in [6, 6.07) is 2.12. The van der Waals surface area contributed by atoms with Crippen LogP contribution in [0.3, 0.4) is 0 Å². The summed E-state index contributed by atoms with van der Waals surface area (Å²) in [5, 5.41) is 6.02. The lowest BCUT2D eigenvalue weighted by Crippen LogP contribution is -2.26. The quantitative estimate of drug-likeness (QED) is 0.916. The molecule has 90 valence electrons. The second-order valence-corrected chi connectivity index (χ2v) is 6.80. The number of thioether (sulfide) groups is 1. The Labute approximate surface area is 115 Å². The van der Waals surface area contributed by atoms with Crippen LogP contribution in [0, 0.1) is 0 Å². The van der Waals surface area contributed by atoms with Crippen LogP contribution in [0.25, 0.3) is 10.7 Å². The van der Waals surface area contributed by atoms with E-state index < -0.39 is 0 Å². The minimum absolute atomic E-state index is 0.128. The molecule has 0 aromatic carbocycles. The van der Waals surface area contributed by atoms with Gasteiger partial charge >= 0.3 is 0 Å². The minimum Gasteiger partial charge on any atom is -0.339 e. The van der Waals surface area contributed by atoms with E-state index in [4.69, 9.17) is 10.3 Å². The number of hydrogen-bond acceptors (Lipinski definition) is 6. The topological polar surface area (TPSA) is 64.9 Å². The summed E-state index contributed by atoms with van der Waals surface area (Å²) in [6.07, 6.45) is 0. The number of hydrogen-bond donors (Lipinski definition) is 1. The largest absolute Gasteiger partial charge is 0.339 e.